The summed E-state index contributed by atoms with van der Waals surface area (Å²) < 4.78 is 10.8. The van der Waals surface area contributed by atoms with E-state index in [0.29, 0.717) is 5.76 Å². The summed E-state index contributed by atoms with van der Waals surface area (Å²) in [6.45, 7) is 0.143. The van der Waals surface area contributed by atoms with E-state index in [1.54, 1.807) is 12.1 Å². The molecule has 3 aromatic rings. The lowest BCUT2D eigenvalue weighted by Gasteiger charge is -2.24. The van der Waals surface area contributed by atoms with E-state index in [0.717, 1.165) is 27.2 Å². The summed E-state index contributed by atoms with van der Waals surface area (Å²) in [6.07, 6.45) is 0.871. The molecule has 1 aliphatic rings. The topological polar surface area (TPSA) is 80.0 Å². The number of furan rings is 1. The van der Waals surface area contributed by atoms with Crippen LogP contribution in [0.25, 0.3) is 11.1 Å². The van der Waals surface area contributed by atoms with Gasteiger partial charge in [-0.05, 0) is 34.4 Å². The zero-order valence-electron chi connectivity index (χ0n) is 15.9. The fraction of sp³-hybridized carbons (Fsp3) is 0.217. The number of hydrogen-bond acceptors (Lipinski definition) is 4. The average Bonchev–Trinajstić information content (AvgIpc) is 3.36. The van der Waals surface area contributed by atoms with Crippen LogP contribution in [0.5, 0.6) is 0 Å². The Labute approximate surface area is 168 Å². The van der Waals surface area contributed by atoms with Crippen molar-refractivity contribution in [1.82, 2.24) is 4.90 Å². The highest BCUT2D eigenvalue weighted by Crippen LogP contribution is 2.44. The van der Waals surface area contributed by atoms with Crippen molar-refractivity contribution in [2.45, 2.75) is 18.4 Å². The molecule has 6 nitrogen and oxygen atoms in total. The minimum absolute atomic E-state index is 0.0724. The van der Waals surface area contributed by atoms with Gasteiger partial charge < -0.3 is 14.3 Å². The third-order valence-corrected chi connectivity index (χ3v) is 5.35. The van der Waals surface area contributed by atoms with Crippen molar-refractivity contribution in [3.63, 3.8) is 0 Å². The number of amides is 1. The number of carboxylic acids is 1. The number of carboxylic acid groups (broad SMARTS) is 1. The number of ether oxygens (including phenoxy) is 1. The first-order chi connectivity index (χ1) is 14.1. The van der Waals surface area contributed by atoms with Gasteiger partial charge in [-0.15, -0.1) is 0 Å². The summed E-state index contributed by atoms with van der Waals surface area (Å²) in [5.41, 5.74) is 4.49. The molecule has 0 spiro atoms. The number of benzene rings is 2. The van der Waals surface area contributed by atoms with Crippen LogP contribution in [0, 0.1) is 0 Å². The molecule has 0 fully saturated rings. The van der Waals surface area contributed by atoms with Gasteiger partial charge in [0.25, 0.3) is 0 Å². The molecule has 2 aromatic carbocycles. The molecule has 148 valence electrons. The lowest BCUT2D eigenvalue weighted by atomic mass is 9.98. The lowest BCUT2D eigenvalue weighted by molar-refractivity contribution is -0.142. The quantitative estimate of drug-likeness (QED) is 0.683. The van der Waals surface area contributed by atoms with Crippen LogP contribution in [0.3, 0.4) is 0 Å². The van der Waals surface area contributed by atoms with Crippen LogP contribution in [-0.4, -0.2) is 41.8 Å². The molecular formula is C23H21NO5. The van der Waals surface area contributed by atoms with Crippen LogP contribution in [0.2, 0.25) is 0 Å². The van der Waals surface area contributed by atoms with Gasteiger partial charge in [-0.1, -0.05) is 48.5 Å². The third-order valence-electron chi connectivity index (χ3n) is 5.35. The molecule has 1 atom stereocenters. The Hall–Kier alpha value is -3.54. The fourth-order valence-corrected chi connectivity index (χ4v) is 3.83. The SMILES string of the molecule is CN(C(=O)OCC1c2ccccc2-c2ccccc21)[C@@H](Cc1ccco1)C(=O)O. The third kappa shape index (κ3) is 3.61. The number of likely N-dealkylation sites (N-methyl/N-ethyl adjacent to an activating group) is 1. The van der Waals surface area contributed by atoms with E-state index >= 15 is 0 Å². The average molecular weight is 391 g/mol. The summed E-state index contributed by atoms with van der Waals surface area (Å²) in [4.78, 5) is 25.4. The van der Waals surface area contributed by atoms with Gasteiger partial charge in [0, 0.05) is 19.4 Å². The van der Waals surface area contributed by atoms with E-state index in [2.05, 4.69) is 12.1 Å². The normalized spacial score (nSPS) is 13.4. The number of nitrogens with zero attached hydrogens (tertiary/aromatic N) is 1. The van der Waals surface area contributed by atoms with Crippen LogP contribution in [0.15, 0.2) is 71.3 Å². The predicted octanol–water partition coefficient (Wildman–Crippen LogP) is 4.16. The Morgan fingerprint density at radius 1 is 1.03 bits per heavy atom. The first-order valence-corrected chi connectivity index (χ1v) is 9.39. The Morgan fingerprint density at radius 3 is 2.21 bits per heavy atom. The summed E-state index contributed by atoms with van der Waals surface area (Å²) in [6, 6.07) is 18.4. The molecule has 6 heteroatoms. The highest BCUT2D eigenvalue weighted by molar-refractivity contribution is 5.81. The standard InChI is InChI=1S/C23H21NO5/c1-24(21(22(25)26)13-15-7-6-12-28-15)23(27)29-14-20-18-10-4-2-8-16(18)17-9-3-5-11-19(17)20/h2-12,20-21H,13-14H2,1H3,(H,25,26)/t21-/m0/s1. The summed E-state index contributed by atoms with van der Waals surface area (Å²) in [5.74, 6) is -0.693. The van der Waals surface area contributed by atoms with Crippen molar-refractivity contribution in [2.75, 3.05) is 13.7 Å². The fourth-order valence-electron chi connectivity index (χ4n) is 3.83. The maximum atomic E-state index is 12.6. The Kier molecular flexibility index (Phi) is 5.08. The zero-order valence-corrected chi connectivity index (χ0v) is 15.9. The van der Waals surface area contributed by atoms with Crippen LogP contribution in [0.4, 0.5) is 4.79 Å². The molecule has 1 amide bonds. The molecule has 0 saturated heterocycles. The van der Waals surface area contributed by atoms with E-state index in [9.17, 15) is 14.7 Å². The number of aliphatic carboxylic acids is 1. The summed E-state index contributed by atoms with van der Waals surface area (Å²) in [7, 11) is 1.43. The number of fused-ring (bicyclic) bond motifs is 3. The highest BCUT2D eigenvalue weighted by atomic mass is 16.6. The van der Waals surface area contributed by atoms with Crippen LogP contribution in [-0.2, 0) is 16.0 Å². The van der Waals surface area contributed by atoms with Crippen molar-refractivity contribution in [1.29, 1.82) is 0 Å². The van der Waals surface area contributed by atoms with Gasteiger partial charge in [0.15, 0.2) is 0 Å². The molecule has 0 aliphatic heterocycles. The molecule has 0 saturated carbocycles. The second-order valence-corrected chi connectivity index (χ2v) is 7.05. The molecule has 1 aromatic heterocycles. The van der Waals surface area contributed by atoms with E-state index in [-0.39, 0.29) is 18.9 Å². The molecule has 4 rings (SSSR count). The first-order valence-electron chi connectivity index (χ1n) is 9.39. The van der Waals surface area contributed by atoms with Crippen molar-refractivity contribution in [3.8, 4) is 11.1 Å². The maximum Gasteiger partial charge on any atom is 0.410 e. The second-order valence-electron chi connectivity index (χ2n) is 7.05. The van der Waals surface area contributed by atoms with Crippen LogP contribution in [0.1, 0.15) is 22.8 Å². The minimum atomic E-state index is -1.11. The van der Waals surface area contributed by atoms with Crippen molar-refractivity contribution in [3.05, 3.63) is 83.8 Å². The number of rotatable bonds is 6. The zero-order chi connectivity index (χ0) is 20.4. The maximum absolute atomic E-state index is 12.6. The van der Waals surface area contributed by atoms with E-state index in [1.807, 2.05) is 36.4 Å². The molecule has 0 bridgehead atoms. The molecule has 1 heterocycles. The van der Waals surface area contributed by atoms with E-state index in [4.69, 9.17) is 9.15 Å². The monoisotopic (exact) mass is 391 g/mol. The highest BCUT2D eigenvalue weighted by Gasteiger charge is 2.32. The Morgan fingerprint density at radius 2 is 1.66 bits per heavy atom. The van der Waals surface area contributed by atoms with Gasteiger partial charge in [0.05, 0.1) is 6.26 Å². The van der Waals surface area contributed by atoms with Gasteiger partial charge >= 0.3 is 12.1 Å². The van der Waals surface area contributed by atoms with Crippen molar-refractivity contribution < 1.29 is 23.8 Å². The molecular weight excluding hydrogens is 370 g/mol. The molecule has 29 heavy (non-hydrogen) atoms. The number of carbonyl (C=O) groups is 2. The first kappa shape index (κ1) is 18.8. The second kappa shape index (κ2) is 7.83. The lowest BCUT2D eigenvalue weighted by Crippen LogP contribution is -2.44. The Bertz CT molecular complexity index is 982. The largest absolute Gasteiger partial charge is 0.480 e. The van der Waals surface area contributed by atoms with Crippen LogP contribution < -0.4 is 0 Å². The van der Waals surface area contributed by atoms with Gasteiger partial charge in [0.2, 0.25) is 0 Å². The predicted molar refractivity (Wildman–Crippen MR) is 107 cm³/mol. The van der Waals surface area contributed by atoms with Crippen LogP contribution >= 0.6 is 0 Å². The van der Waals surface area contributed by atoms with E-state index in [1.165, 1.54) is 13.3 Å². The number of carbonyl (C=O) groups excluding carboxylic acids is 1. The summed E-state index contributed by atoms with van der Waals surface area (Å²) in [5, 5.41) is 9.54. The smallest absolute Gasteiger partial charge is 0.410 e. The molecule has 0 unspecified atom stereocenters. The van der Waals surface area contributed by atoms with E-state index < -0.39 is 18.1 Å². The molecule has 1 aliphatic carbocycles. The minimum Gasteiger partial charge on any atom is -0.480 e. The van der Waals surface area contributed by atoms with Crippen molar-refractivity contribution >= 4 is 12.1 Å². The molecule has 1 N–H and O–H groups in total. The number of hydrogen-bond donors (Lipinski definition) is 1. The van der Waals surface area contributed by atoms with Gasteiger partial charge in [0.1, 0.15) is 18.4 Å². The van der Waals surface area contributed by atoms with Gasteiger partial charge in [-0.3, -0.25) is 4.90 Å². The summed E-state index contributed by atoms with van der Waals surface area (Å²) >= 11 is 0. The van der Waals surface area contributed by atoms with Gasteiger partial charge in [-0.2, -0.15) is 0 Å². The van der Waals surface area contributed by atoms with Gasteiger partial charge in [-0.25, -0.2) is 9.59 Å². The molecule has 0 radical (unpaired) electrons. The Balaban J connectivity index is 1.48. The van der Waals surface area contributed by atoms with Crippen molar-refractivity contribution in [2.24, 2.45) is 0 Å².